The smallest absolute Gasteiger partial charge is 0.257 e. The summed E-state index contributed by atoms with van der Waals surface area (Å²) in [6.07, 6.45) is 5.48. The van der Waals surface area contributed by atoms with Crippen molar-refractivity contribution in [2.75, 3.05) is 19.6 Å². The van der Waals surface area contributed by atoms with Crippen molar-refractivity contribution < 1.29 is 13.6 Å². The lowest BCUT2D eigenvalue weighted by atomic mass is 9.96. The third kappa shape index (κ3) is 4.60. The highest BCUT2D eigenvalue weighted by Gasteiger charge is 2.22. The Balaban J connectivity index is 1.46. The molecule has 1 aromatic carbocycles. The van der Waals surface area contributed by atoms with E-state index < -0.39 is 23.1 Å². The molecule has 25 heavy (non-hydrogen) atoms. The summed E-state index contributed by atoms with van der Waals surface area (Å²) in [6.45, 7) is 3.21. The number of aromatic nitrogens is 1. The first-order valence-electron chi connectivity index (χ1n) is 8.47. The van der Waals surface area contributed by atoms with Crippen molar-refractivity contribution in [1.82, 2.24) is 15.2 Å². The van der Waals surface area contributed by atoms with Crippen LogP contribution in [0.1, 0.15) is 28.8 Å². The van der Waals surface area contributed by atoms with Gasteiger partial charge in [0.25, 0.3) is 5.91 Å². The van der Waals surface area contributed by atoms with Crippen molar-refractivity contribution in [3.8, 4) is 0 Å². The van der Waals surface area contributed by atoms with E-state index in [9.17, 15) is 13.6 Å². The average molecular weight is 345 g/mol. The highest BCUT2D eigenvalue weighted by Crippen LogP contribution is 2.19. The van der Waals surface area contributed by atoms with Gasteiger partial charge in [-0.3, -0.25) is 14.7 Å². The Morgan fingerprint density at radius 2 is 1.76 bits per heavy atom. The normalized spacial score (nSPS) is 15.9. The van der Waals surface area contributed by atoms with Gasteiger partial charge in [-0.25, -0.2) is 8.78 Å². The molecule has 0 aliphatic carbocycles. The van der Waals surface area contributed by atoms with Gasteiger partial charge >= 0.3 is 0 Å². The number of halogens is 2. The van der Waals surface area contributed by atoms with Gasteiger partial charge in [0, 0.05) is 25.5 Å². The Labute approximate surface area is 145 Å². The van der Waals surface area contributed by atoms with Crippen LogP contribution < -0.4 is 5.32 Å². The van der Waals surface area contributed by atoms with Gasteiger partial charge in [-0.1, -0.05) is 6.07 Å². The highest BCUT2D eigenvalue weighted by atomic mass is 19.1. The lowest BCUT2D eigenvalue weighted by Gasteiger charge is -2.32. The number of nitrogens with one attached hydrogen (secondary N) is 1. The third-order valence-electron chi connectivity index (χ3n) is 4.60. The quantitative estimate of drug-likeness (QED) is 0.906. The van der Waals surface area contributed by atoms with Crippen LogP contribution in [0.15, 0.2) is 42.7 Å². The van der Waals surface area contributed by atoms with Crippen LogP contribution in [0, 0.1) is 17.6 Å². The van der Waals surface area contributed by atoms with Gasteiger partial charge in [-0.05, 0) is 61.7 Å². The molecule has 2 heterocycles. The fraction of sp³-hybridized carbons (Fsp3) is 0.368. The van der Waals surface area contributed by atoms with E-state index in [1.54, 1.807) is 12.4 Å². The number of likely N-dealkylation sites (tertiary alicyclic amines) is 1. The molecule has 132 valence electrons. The molecule has 1 saturated heterocycles. The zero-order chi connectivity index (χ0) is 17.6. The molecule has 3 rings (SSSR count). The maximum atomic E-state index is 13.6. The van der Waals surface area contributed by atoms with E-state index in [4.69, 9.17) is 0 Å². The van der Waals surface area contributed by atoms with E-state index in [2.05, 4.69) is 15.2 Å². The number of hydrogen-bond donors (Lipinski definition) is 1. The second-order valence-electron chi connectivity index (χ2n) is 6.38. The predicted molar refractivity (Wildman–Crippen MR) is 90.9 cm³/mol. The van der Waals surface area contributed by atoms with Gasteiger partial charge in [0.2, 0.25) is 0 Å². The number of amides is 1. The van der Waals surface area contributed by atoms with Crippen LogP contribution in [0.5, 0.6) is 0 Å². The first-order chi connectivity index (χ1) is 12.1. The van der Waals surface area contributed by atoms with Gasteiger partial charge in [-0.2, -0.15) is 0 Å². The molecule has 0 saturated carbocycles. The molecule has 1 aliphatic heterocycles. The number of piperidine rings is 1. The van der Waals surface area contributed by atoms with Crippen molar-refractivity contribution in [3.63, 3.8) is 0 Å². The predicted octanol–water partition coefficient (Wildman–Crippen LogP) is 3.00. The first-order valence-corrected chi connectivity index (χ1v) is 8.47. The molecule has 0 bridgehead atoms. The molecule has 0 atom stereocenters. The summed E-state index contributed by atoms with van der Waals surface area (Å²) in [4.78, 5) is 18.4. The lowest BCUT2D eigenvalue weighted by molar-refractivity contribution is 0.0927. The van der Waals surface area contributed by atoms with Crippen molar-refractivity contribution in [2.45, 2.75) is 19.4 Å². The number of nitrogens with zero attached hydrogens (tertiary/aromatic N) is 2. The molecule has 1 aromatic heterocycles. The zero-order valence-electron chi connectivity index (χ0n) is 13.9. The SMILES string of the molecule is O=C(NCC1CCN(Cc2ccncc2)CC1)c1c(F)cccc1F. The second-order valence-corrected chi connectivity index (χ2v) is 6.38. The molecule has 1 aliphatic rings. The monoisotopic (exact) mass is 345 g/mol. The Bertz CT molecular complexity index is 696. The molecule has 0 radical (unpaired) electrons. The van der Waals surface area contributed by atoms with Crippen LogP contribution >= 0.6 is 0 Å². The molecule has 0 unspecified atom stereocenters. The van der Waals surface area contributed by atoms with Gasteiger partial charge in [-0.15, -0.1) is 0 Å². The summed E-state index contributed by atoms with van der Waals surface area (Å²) >= 11 is 0. The Morgan fingerprint density at radius 1 is 1.12 bits per heavy atom. The summed E-state index contributed by atoms with van der Waals surface area (Å²) in [5.74, 6) is -2.02. The fourth-order valence-corrected chi connectivity index (χ4v) is 3.14. The van der Waals surface area contributed by atoms with Gasteiger partial charge in [0.15, 0.2) is 0 Å². The van der Waals surface area contributed by atoms with Crippen LogP contribution in [0.25, 0.3) is 0 Å². The Morgan fingerprint density at radius 3 is 2.40 bits per heavy atom. The Hall–Kier alpha value is -2.34. The number of carbonyl (C=O) groups is 1. The number of carbonyl (C=O) groups excluding carboxylic acids is 1. The average Bonchev–Trinajstić information content (AvgIpc) is 2.62. The van der Waals surface area contributed by atoms with E-state index in [0.717, 1.165) is 44.6 Å². The molecule has 1 fully saturated rings. The molecule has 2 aromatic rings. The summed E-state index contributed by atoms with van der Waals surface area (Å²) < 4.78 is 27.2. The van der Waals surface area contributed by atoms with Gasteiger partial charge < -0.3 is 5.32 Å². The van der Waals surface area contributed by atoms with E-state index in [-0.39, 0.29) is 0 Å². The number of rotatable bonds is 5. The van der Waals surface area contributed by atoms with E-state index in [1.165, 1.54) is 11.6 Å². The third-order valence-corrected chi connectivity index (χ3v) is 4.60. The summed E-state index contributed by atoms with van der Waals surface area (Å²) in [6, 6.07) is 7.45. The summed E-state index contributed by atoms with van der Waals surface area (Å²) in [7, 11) is 0. The first kappa shape index (κ1) is 17.5. The fourth-order valence-electron chi connectivity index (χ4n) is 3.14. The van der Waals surface area contributed by atoms with Crippen LogP contribution in [-0.4, -0.2) is 35.4 Å². The maximum absolute atomic E-state index is 13.6. The minimum Gasteiger partial charge on any atom is -0.352 e. The summed E-state index contributed by atoms with van der Waals surface area (Å²) in [5, 5.41) is 2.67. The van der Waals surface area contributed by atoms with Crippen molar-refractivity contribution in [3.05, 3.63) is 65.5 Å². The van der Waals surface area contributed by atoms with Crippen LogP contribution in [0.4, 0.5) is 8.78 Å². The number of pyridine rings is 1. The largest absolute Gasteiger partial charge is 0.352 e. The van der Waals surface area contributed by atoms with Crippen molar-refractivity contribution in [1.29, 1.82) is 0 Å². The van der Waals surface area contributed by atoms with Gasteiger partial charge in [0.05, 0.1) is 0 Å². The zero-order valence-corrected chi connectivity index (χ0v) is 13.9. The molecule has 4 nitrogen and oxygen atoms in total. The number of benzene rings is 1. The van der Waals surface area contributed by atoms with Gasteiger partial charge in [0.1, 0.15) is 17.2 Å². The standard InChI is InChI=1S/C19H21F2N3O/c20-16-2-1-3-17(21)18(16)19(25)23-12-14-6-10-24(11-7-14)13-15-4-8-22-9-5-15/h1-5,8-9,14H,6-7,10-13H2,(H,23,25). The molecule has 0 spiro atoms. The molecule has 6 heteroatoms. The lowest BCUT2D eigenvalue weighted by Crippen LogP contribution is -2.38. The summed E-state index contributed by atoms with van der Waals surface area (Å²) in [5.41, 5.74) is 0.731. The van der Waals surface area contributed by atoms with E-state index in [0.29, 0.717) is 12.5 Å². The molecular weight excluding hydrogens is 324 g/mol. The minimum atomic E-state index is -0.829. The topological polar surface area (TPSA) is 45.2 Å². The van der Waals surface area contributed by atoms with Crippen molar-refractivity contribution in [2.24, 2.45) is 5.92 Å². The van der Waals surface area contributed by atoms with Crippen molar-refractivity contribution >= 4 is 5.91 Å². The minimum absolute atomic E-state index is 0.326. The van der Waals surface area contributed by atoms with Crippen LogP contribution in [0.3, 0.4) is 0 Å². The highest BCUT2D eigenvalue weighted by molar-refractivity contribution is 5.94. The maximum Gasteiger partial charge on any atom is 0.257 e. The molecule has 1 amide bonds. The van der Waals surface area contributed by atoms with E-state index >= 15 is 0 Å². The number of hydrogen-bond acceptors (Lipinski definition) is 3. The molecule has 1 N–H and O–H groups in total. The van der Waals surface area contributed by atoms with Crippen LogP contribution in [0.2, 0.25) is 0 Å². The Kier molecular flexibility index (Phi) is 5.71. The second kappa shape index (κ2) is 8.16. The molecular formula is C19H21F2N3O. The van der Waals surface area contributed by atoms with Crippen LogP contribution in [-0.2, 0) is 6.54 Å². The van der Waals surface area contributed by atoms with E-state index in [1.807, 2.05) is 12.1 Å².